The van der Waals surface area contributed by atoms with Gasteiger partial charge < -0.3 is 0 Å². The van der Waals surface area contributed by atoms with Crippen LogP contribution in [-0.2, 0) is 10.0 Å². The summed E-state index contributed by atoms with van der Waals surface area (Å²) in [5.41, 5.74) is 1.19. The molecule has 0 aliphatic carbocycles. The van der Waals surface area contributed by atoms with Gasteiger partial charge in [-0.3, -0.25) is 0 Å². The molecular weight excluding hydrogens is 291 g/mol. The van der Waals surface area contributed by atoms with E-state index in [0.29, 0.717) is 0 Å². The SMILES string of the molecule is Cc1ccc(S(=O)(=O)N(C)N=Cc2ccccc2F)cc1. The number of hydrogen-bond donors (Lipinski definition) is 0. The molecule has 2 aromatic carbocycles. The first-order chi connectivity index (χ1) is 9.91. The van der Waals surface area contributed by atoms with E-state index in [9.17, 15) is 12.8 Å². The highest BCUT2D eigenvalue weighted by molar-refractivity contribution is 7.89. The van der Waals surface area contributed by atoms with Crippen molar-refractivity contribution in [1.29, 1.82) is 0 Å². The fourth-order valence-electron chi connectivity index (χ4n) is 1.65. The van der Waals surface area contributed by atoms with E-state index in [1.54, 1.807) is 24.3 Å². The Labute approximate surface area is 123 Å². The van der Waals surface area contributed by atoms with Crippen molar-refractivity contribution in [3.8, 4) is 0 Å². The lowest BCUT2D eigenvalue weighted by Gasteiger charge is -2.13. The van der Waals surface area contributed by atoms with Crippen LogP contribution in [0.5, 0.6) is 0 Å². The molecule has 0 aliphatic rings. The van der Waals surface area contributed by atoms with Gasteiger partial charge in [0.2, 0.25) is 0 Å². The van der Waals surface area contributed by atoms with Gasteiger partial charge in [0, 0.05) is 12.6 Å². The Hall–Kier alpha value is -2.21. The molecule has 0 spiro atoms. The van der Waals surface area contributed by atoms with E-state index in [1.165, 1.54) is 37.5 Å². The van der Waals surface area contributed by atoms with Crippen molar-refractivity contribution in [2.75, 3.05) is 7.05 Å². The van der Waals surface area contributed by atoms with Crippen LogP contribution in [0.15, 0.2) is 58.5 Å². The van der Waals surface area contributed by atoms with Gasteiger partial charge in [0.25, 0.3) is 10.0 Å². The Kier molecular flexibility index (Phi) is 4.37. The number of aryl methyl sites for hydroxylation is 1. The van der Waals surface area contributed by atoms with Crippen molar-refractivity contribution in [3.63, 3.8) is 0 Å². The molecule has 2 aromatic rings. The van der Waals surface area contributed by atoms with Gasteiger partial charge in [0.05, 0.1) is 11.1 Å². The molecule has 0 unspecified atom stereocenters. The fraction of sp³-hybridized carbons (Fsp3) is 0.133. The van der Waals surface area contributed by atoms with Gasteiger partial charge in [0.15, 0.2) is 0 Å². The molecule has 0 fully saturated rings. The summed E-state index contributed by atoms with van der Waals surface area (Å²) >= 11 is 0. The zero-order valence-corrected chi connectivity index (χ0v) is 12.5. The van der Waals surface area contributed by atoms with E-state index in [4.69, 9.17) is 0 Å². The van der Waals surface area contributed by atoms with Crippen LogP contribution < -0.4 is 0 Å². The molecule has 0 saturated carbocycles. The molecule has 0 radical (unpaired) electrons. The summed E-state index contributed by atoms with van der Waals surface area (Å²) in [6, 6.07) is 12.5. The van der Waals surface area contributed by atoms with E-state index < -0.39 is 15.8 Å². The number of hydrogen-bond acceptors (Lipinski definition) is 3. The van der Waals surface area contributed by atoms with E-state index in [2.05, 4.69) is 5.10 Å². The monoisotopic (exact) mass is 306 g/mol. The number of hydrazone groups is 1. The maximum absolute atomic E-state index is 13.4. The summed E-state index contributed by atoms with van der Waals surface area (Å²) in [6.07, 6.45) is 1.18. The predicted molar refractivity (Wildman–Crippen MR) is 80.1 cm³/mol. The molecule has 0 N–H and O–H groups in total. The molecule has 0 aromatic heterocycles. The third kappa shape index (κ3) is 3.46. The largest absolute Gasteiger partial charge is 0.278 e. The maximum atomic E-state index is 13.4. The second-order valence-corrected chi connectivity index (χ2v) is 6.47. The number of nitrogens with zero attached hydrogens (tertiary/aromatic N) is 2. The molecule has 0 aliphatic heterocycles. The predicted octanol–water partition coefficient (Wildman–Crippen LogP) is 2.79. The zero-order valence-electron chi connectivity index (χ0n) is 11.7. The first-order valence-electron chi connectivity index (χ1n) is 6.25. The second-order valence-electron chi connectivity index (χ2n) is 4.52. The van der Waals surface area contributed by atoms with Gasteiger partial charge in [-0.2, -0.15) is 17.9 Å². The highest BCUT2D eigenvalue weighted by Crippen LogP contribution is 2.15. The van der Waals surface area contributed by atoms with Gasteiger partial charge in [-0.05, 0) is 25.1 Å². The molecule has 0 saturated heterocycles. The van der Waals surface area contributed by atoms with Gasteiger partial charge in [-0.15, -0.1) is 0 Å². The van der Waals surface area contributed by atoms with Crippen molar-refractivity contribution < 1.29 is 12.8 Å². The normalized spacial score (nSPS) is 11.8. The molecule has 0 atom stereocenters. The fourth-order valence-corrected chi connectivity index (χ4v) is 2.60. The van der Waals surface area contributed by atoms with Crippen LogP contribution in [0.2, 0.25) is 0 Å². The Balaban J connectivity index is 2.25. The van der Waals surface area contributed by atoms with Gasteiger partial charge in [0.1, 0.15) is 5.82 Å². The highest BCUT2D eigenvalue weighted by atomic mass is 32.2. The van der Waals surface area contributed by atoms with Crippen LogP contribution in [0, 0.1) is 12.7 Å². The van der Waals surface area contributed by atoms with Crippen molar-refractivity contribution in [1.82, 2.24) is 4.41 Å². The summed E-state index contributed by atoms with van der Waals surface area (Å²) in [4.78, 5) is 0.140. The molecule has 0 amide bonds. The quantitative estimate of drug-likeness (QED) is 0.644. The Morgan fingerprint density at radius 3 is 2.33 bits per heavy atom. The first kappa shape index (κ1) is 15.2. The summed E-state index contributed by atoms with van der Waals surface area (Å²) in [5.74, 6) is -0.456. The van der Waals surface area contributed by atoms with Crippen LogP contribution in [-0.4, -0.2) is 26.1 Å². The topological polar surface area (TPSA) is 49.7 Å². The number of benzene rings is 2. The summed E-state index contributed by atoms with van der Waals surface area (Å²) < 4.78 is 38.8. The highest BCUT2D eigenvalue weighted by Gasteiger charge is 2.18. The van der Waals surface area contributed by atoms with E-state index in [0.717, 1.165) is 9.98 Å². The Morgan fingerprint density at radius 1 is 1.10 bits per heavy atom. The minimum atomic E-state index is -3.73. The second kappa shape index (κ2) is 6.05. The molecule has 4 nitrogen and oxygen atoms in total. The standard InChI is InChI=1S/C15H15FN2O2S/c1-12-7-9-14(10-8-12)21(19,20)18(2)17-11-13-5-3-4-6-15(13)16/h3-11H,1-2H3. The molecular formula is C15H15FN2O2S. The third-order valence-electron chi connectivity index (χ3n) is 2.93. The molecule has 21 heavy (non-hydrogen) atoms. The van der Waals surface area contributed by atoms with Crippen LogP contribution in [0.4, 0.5) is 4.39 Å². The lowest BCUT2D eigenvalue weighted by atomic mass is 10.2. The minimum Gasteiger partial charge on any atom is -0.206 e. The minimum absolute atomic E-state index is 0.140. The molecule has 110 valence electrons. The van der Waals surface area contributed by atoms with Crippen LogP contribution in [0.25, 0.3) is 0 Å². The average molecular weight is 306 g/mol. The van der Waals surface area contributed by atoms with E-state index in [-0.39, 0.29) is 10.5 Å². The molecule has 0 heterocycles. The first-order valence-corrected chi connectivity index (χ1v) is 7.69. The van der Waals surface area contributed by atoms with Crippen molar-refractivity contribution in [3.05, 3.63) is 65.5 Å². The molecule has 2 rings (SSSR count). The average Bonchev–Trinajstić information content (AvgIpc) is 2.46. The van der Waals surface area contributed by atoms with E-state index in [1.807, 2.05) is 6.92 Å². The lowest BCUT2D eigenvalue weighted by molar-refractivity contribution is 0.490. The van der Waals surface area contributed by atoms with Crippen LogP contribution in [0.1, 0.15) is 11.1 Å². The van der Waals surface area contributed by atoms with Crippen molar-refractivity contribution in [2.24, 2.45) is 5.10 Å². The maximum Gasteiger partial charge on any atom is 0.278 e. The third-order valence-corrected chi connectivity index (χ3v) is 4.59. The Morgan fingerprint density at radius 2 is 1.71 bits per heavy atom. The van der Waals surface area contributed by atoms with Crippen molar-refractivity contribution in [2.45, 2.75) is 11.8 Å². The van der Waals surface area contributed by atoms with Gasteiger partial charge >= 0.3 is 0 Å². The lowest BCUT2D eigenvalue weighted by Crippen LogP contribution is -2.22. The Bertz CT molecular complexity index is 755. The van der Waals surface area contributed by atoms with Crippen molar-refractivity contribution >= 4 is 16.2 Å². The van der Waals surface area contributed by atoms with E-state index >= 15 is 0 Å². The zero-order chi connectivity index (χ0) is 15.5. The number of rotatable bonds is 4. The number of sulfonamides is 1. The summed E-state index contributed by atoms with van der Waals surface area (Å²) in [5, 5.41) is 3.81. The summed E-state index contributed by atoms with van der Waals surface area (Å²) in [6.45, 7) is 1.87. The smallest absolute Gasteiger partial charge is 0.206 e. The van der Waals surface area contributed by atoms with Crippen LogP contribution >= 0.6 is 0 Å². The summed E-state index contributed by atoms with van der Waals surface area (Å²) in [7, 11) is -2.41. The molecule has 0 bridgehead atoms. The van der Waals surface area contributed by atoms with Gasteiger partial charge in [-0.25, -0.2) is 4.39 Å². The number of halogens is 1. The molecule has 6 heteroatoms. The van der Waals surface area contributed by atoms with Crippen LogP contribution in [0.3, 0.4) is 0 Å². The van der Waals surface area contributed by atoms with Gasteiger partial charge in [-0.1, -0.05) is 35.9 Å².